The van der Waals surface area contributed by atoms with Crippen LogP contribution in [0.4, 0.5) is 0 Å². The van der Waals surface area contributed by atoms with Crippen molar-refractivity contribution in [3.05, 3.63) is 36.5 Å². The van der Waals surface area contributed by atoms with E-state index in [1.807, 2.05) is 0 Å². The van der Waals surface area contributed by atoms with Crippen molar-refractivity contribution in [2.24, 2.45) is 0 Å². The molecule has 6 heteroatoms. The Labute approximate surface area is 435 Å². The summed E-state index contributed by atoms with van der Waals surface area (Å²) in [6.07, 6.45) is 71.7. The number of carbonyl (C=O) groups excluding carboxylic acids is 3. The summed E-state index contributed by atoms with van der Waals surface area (Å²) >= 11 is 0. The average Bonchev–Trinajstić information content (AvgIpc) is 3.36. The van der Waals surface area contributed by atoms with Gasteiger partial charge in [0.05, 0.1) is 0 Å². The fraction of sp³-hybridized carbons (Fsp3) is 0.859. The van der Waals surface area contributed by atoms with E-state index in [-0.39, 0.29) is 31.1 Å². The Morgan fingerprint density at radius 3 is 0.857 bits per heavy atom. The van der Waals surface area contributed by atoms with Gasteiger partial charge in [-0.15, -0.1) is 0 Å². The predicted molar refractivity (Wildman–Crippen MR) is 302 cm³/mol. The molecule has 0 bridgehead atoms. The number of allylic oxidation sites excluding steroid dienone is 6. The zero-order valence-corrected chi connectivity index (χ0v) is 47.1. The van der Waals surface area contributed by atoms with Crippen LogP contribution in [0.3, 0.4) is 0 Å². The van der Waals surface area contributed by atoms with Crippen molar-refractivity contribution < 1.29 is 28.6 Å². The van der Waals surface area contributed by atoms with Gasteiger partial charge in [0.2, 0.25) is 0 Å². The highest BCUT2D eigenvalue weighted by Gasteiger charge is 2.19. The number of hydrogen-bond acceptors (Lipinski definition) is 6. The molecule has 0 heterocycles. The second-order valence-electron chi connectivity index (χ2n) is 21.0. The Morgan fingerprint density at radius 1 is 0.286 bits per heavy atom. The molecule has 0 rings (SSSR count). The molecule has 1 atom stereocenters. The molecule has 0 N–H and O–H groups in total. The quantitative estimate of drug-likeness (QED) is 0.0261. The fourth-order valence-electron chi connectivity index (χ4n) is 9.18. The van der Waals surface area contributed by atoms with Gasteiger partial charge in [-0.1, -0.05) is 282 Å². The number of esters is 3. The summed E-state index contributed by atoms with van der Waals surface area (Å²) in [6.45, 7) is 6.59. The third kappa shape index (κ3) is 56.5. The zero-order chi connectivity index (χ0) is 50.7. The van der Waals surface area contributed by atoms with E-state index in [4.69, 9.17) is 14.2 Å². The number of ether oxygens (including phenoxy) is 3. The highest BCUT2D eigenvalue weighted by Crippen LogP contribution is 2.17. The van der Waals surface area contributed by atoms with Gasteiger partial charge in [-0.3, -0.25) is 14.4 Å². The van der Waals surface area contributed by atoms with Crippen molar-refractivity contribution in [3.63, 3.8) is 0 Å². The standard InChI is InChI=1S/C64H118O6/c1-4-7-10-13-16-19-22-24-25-26-27-28-29-30-31-32-33-34-35-36-37-38-39-41-42-45-48-51-54-57-63(66)69-60-61(59-68-62(65)56-53-50-47-44-21-18-15-12-9-6-3)70-64(67)58-55-52-49-46-43-40-23-20-17-14-11-8-5-2/h11,14,20,23,26-27,61H,4-10,12-13,15-19,21-22,24-25,28-60H2,1-3H3/b14-11-,23-20-,27-26-. The minimum atomic E-state index is -0.775. The van der Waals surface area contributed by atoms with E-state index < -0.39 is 6.10 Å². The van der Waals surface area contributed by atoms with Crippen LogP contribution in [-0.4, -0.2) is 37.2 Å². The summed E-state index contributed by atoms with van der Waals surface area (Å²) in [4.78, 5) is 38.1. The van der Waals surface area contributed by atoms with Crippen LogP contribution in [0, 0.1) is 0 Å². The zero-order valence-electron chi connectivity index (χ0n) is 47.1. The summed E-state index contributed by atoms with van der Waals surface area (Å²) in [5, 5.41) is 0. The lowest BCUT2D eigenvalue weighted by molar-refractivity contribution is -0.167. The summed E-state index contributed by atoms with van der Waals surface area (Å²) < 4.78 is 16.8. The third-order valence-electron chi connectivity index (χ3n) is 13.8. The molecule has 0 radical (unpaired) electrons. The molecular weight excluding hydrogens is 865 g/mol. The van der Waals surface area contributed by atoms with Gasteiger partial charge in [0.1, 0.15) is 13.2 Å². The SMILES string of the molecule is CCC/C=C\C/C=C\CCCCCCCC(=O)OC(COC(=O)CCCCCCCCCCCC)COC(=O)CCCCCCCCCCCCCCCCCCC/C=C\CCCCCCCCCC. The summed E-state index contributed by atoms with van der Waals surface area (Å²) in [6, 6.07) is 0. The van der Waals surface area contributed by atoms with E-state index in [0.29, 0.717) is 19.3 Å². The van der Waals surface area contributed by atoms with Gasteiger partial charge in [-0.25, -0.2) is 0 Å². The minimum absolute atomic E-state index is 0.0737. The molecule has 410 valence electrons. The molecule has 0 aromatic carbocycles. The van der Waals surface area contributed by atoms with E-state index in [1.165, 1.54) is 205 Å². The highest BCUT2D eigenvalue weighted by atomic mass is 16.6. The predicted octanol–water partition coefficient (Wildman–Crippen LogP) is 20.8. The Balaban J connectivity index is 4.08. The minimum Gasteiger partial charge on any atom is -0.462 e. The van der Waals surface area contributed by atoms with E-state index in [0.717, 1.165) is 89.9 Å². The van der Waals surface area contributed by atoms with E-state index >= 15 is 0 Å². The maximum atomic E-state index is 12.8. The molecule has 0 saturated heterocycles. The molecule has 6 nitrogen and oxygen atoms in total. The van der Waals surface area contributed by atoms with Gasteiger partial charge >= 0.3 is 17.9 Å². The highest BCUT2D eigenvalue weighted by molar-refractivity contribution is 5.71. The van der Waals surface area contributed by atoms with E-state index in [1.54, 1.807) is 0 Å². The van der Waals surface area contributed by atoms with Gasteiger partial charge in [0.15, 0.2) is 6.10 Å². The molecular formula is C64H118O6. The van der Waals surface area contributed by atoms with Gasteiger partial charge in [0, 0.05) is 19.3 Å². The molecule has 0 spiro atoms. The van der Waals surface area contributed by atoms with Crippen LogP contribution in [0.25, 0.3) is 0 Å². The summed E-state index contributed by atoms with van der Waals surface area (Å²) in [5.41, 5.74) is 0. The maximum Gasteiger partial charge on any atom is 0.306 e. The first-order valence-corrected chi connectivity index (χ1v) is 31.0. The van der Waals surface area contributed by atoms with Crippen LogP contribution in [0.2, 0.25) is 0 Å². The molecule has 70 heavy (non-hydrogen) atoms. The van der Waals surface area contributed by atoms with Crippen molar-refractivity contribution in [1.29, 1.82) is 0 Å². The Kier molecular flexibility index (Phi) is 57.2. The van der Waals surface area contributed by atoms with Crippen LogP contribution in [0.5, 0.6) is 0 Å². The van der Waals surface area contributed by atoms with E-state index in [9.17, 15) is 14.4 Å². The topological polar surface area (TPSA) is 78.9 Å². The number of carbonyl (C=O) groups is 3. The lowest BCUT2D eigenvalue weighted by atomic mass is 10.0. The smallest absolute Gasteiger partial charge is 0.306 e. The molecule has 0 saturated carbocycles. The van der Waals surface area contributed by atoms with Crippen molar-refractivity contribution in [2.75, 3.05) is 13.2 Å². The van der Waals surface area contributed by atoms with Crippen LogP contribution in [-0.2, 0) is 28.6 Å². The molecule has 0 fully saturated rings. The molecule has 0 aliphatic carbocycles. The van der Waals surface area contributed by atoms with Crippen LogP contribution >= 0.6 is 0 Å². The second-order valence-corrected chi connectivity index (χ2v) is 21.0. The average molecular weight is 984 g/mol. The first-order chi connectivity index (χ1) is 34.5. The van der Waals surface area contributed by atoms with Crippen molar-refractivity contribution in [1.82, 2.24) is 0 Å². The first-order valence-electron chi connectivity index (χ1n) is 31.0. The third-order valence-corrected chi connectivity index (χ3v) is 13.8. The Bertz CT molecular complexity index is 1170. The lowest BCUT2D eigenvalue weighted by Gasteiger charge is -2.18. The first kappa shape index (κ1) is 67.6. The summed E-state index contributed by atoms with van der Waals surface area (Å²) in [5.74, 6) is -0.872. The molecule has 0 aromatic heterocycles. The molecule has 0 aliphatic heterocycles. The monoisotopic (exact) mass is 983 g/mol. The van der Waals surface area contributed by atoms with Gasteiger partial charge < -0.3 is 14.2 Å². The fourth-order valence-corrected chi connectivity index (χ4v) is 9.18. The van der Waals surface area contributed by atoms with Crippen LogP contribution in [0.15, 0.2) is 36.5 Å². The normalized spacial score (nSPS) is 12.2. The Morgan fingerprint density at radius 2 is 0.543 bits per heavy atom. The molecule has 0 aliphatic rings. The van der Waals surface area contributed by atoms with Gasteiger partial charge in [-0.05, 0) is 70.6 Å². The number of rotatable bonds is 57. The number of hydrogen-bond donors (Lipinski definition) is 0. The lowest BCUT2D eigenvalue weighted by Crippen LogP contribution is -2.30. The second kappa shape index (κ2) is 59.2. The maximum absolute atomic E-state index is 12.8. The van der Waals surface area contributed by atoms with Crippen LogP contribution in [0.1, 0.15) is 335 Å². The Hall–Kier alpha value is -2.37. The van der Waals surface area contributed by atoms with Crippen molar-refractivity contribution >= 4 is 17.9 Å². The summed E-state index contributed by atoms with van der Waals surface area (Å²) in [7, 11) is 0. The molecule has 0 amide bonds. The molecule has 1 unspecified atom stereocenters. The van der Waals surface area contributed by atoms with Gasteiger partial charge in [-0.2, -0.15) is 0 Å². The van der Waals surface area contributed by atoms with E-state index in [2.05, 4.69) is 57.2 Å². The number of unbranched alkanes of at least 4 members (excludes halogenated alkanes) is 40. The van der Waals surface area contributed by atoms with Gasteiger partial charge in [0.25, 0.3) is 0 Å². The van der Waals surface area contributed by atoms with Crippen molar-refractivity contribution in [2.45, 2.75) is 341 Å². The largest absolute Gasteiger partial charge is 0.462 e. The van der Waals surface area contributed by atoms with Crippen molar-refractivity contribution in [3.8, 4) is 0 Å². The van der Waals surface area contributed by atoms with Crippen LogP contribution < -0.4 is 0 Å². The molecule has 0 aromatic rings.